The molecule has 0 aliphatic heterocycles. The summed E-state index contributed by atoms with van der Waals surface area (Å²) in [6.45, 7) is 0.735. The molecule has 0 amide bonds. The number of hydrogen-bond acceptors (Lipinski definition) is 4. The quantitative estimate of drug-likeness (QED) is 0.287. The molecule has 0 atom stereocenters. The topological polar surface area (TPSA) is 113 Å². The molecule has 6 N–H and O–H groups in total. The van der Waals surface area contributed by atoms with Gasteiger partial charge in [0.1, 0.15) is 5.84 Å². The van der Waals surface area contributed by atoms with Crippen LogP contribution in [0, 0.1) is 5.41 Å². The first-order chi connectivity index (χ1) is 9.68. The number of rotatable bonds is 5. The Morgan fingerprint density at radius 2 is 1.76 bits per heavy atom. The molecule has 0 saturated carbocycles. The highest BCUT2D eigenvalue weighted by Gasteiger charge is 2.38. The van der Waals surface area contributed by atoms with E-state index in [0.29, 0.717) is 0 Å². The van der Waals surface area contributed by atoms with Crippen molar-refractivity contribution in [1.82, 2.24) is 0 Å². The van der Waals surface area contributed by atoms with Gasteiger partial charge in [0, 0.05) is 10.5 Å². The zero-order chi connectivity index (χ0) is 16.5. The SMILES string of the molecule is N=C(N)c1ccc(SCCCN)cc1.O=C(O)C(F)(F)F. The van der Waals surface area contributed by atoms with Crippen LogP contribution in [-0.4, -0.2) is 35.4 Å². The summed E-state index contributed by atoms with van der Waals surface area (Å²) < 4.78 is 31.7. The van der Waals surface area contributed by atoms with Crippen molar-refractivity contribution in [2.24, 2.45) is 11.5 Å². The summed E-state index contributed by atoms with van der Waals surface area (Å²) in [5, 5.41) is 14.4. The van der Waals surface area contributed by atoms with E-state index in [-0.39, 0.29) is 5.84 Å². The number of nitrogen functional groups attached to an aromatic ring is 1. The van der Waals surface area contributed by atoms with Crippen LogP contribution in [0.5, 0.6) is 0 Å². The zero-order valence-electron chi connectivity index (χ0n) is 11.0. The van der Waals surface area contributed by atoms with Gasteiger partial charge >= 0.3 is 12.1 Å². The van der Waals surface area contributed by atoms with Crippen molar-refractivity contribution < 1.29 is 23.1 Å². The minimum atomic E-state index is -5.08. The van der Waals surface area contributed by atoms with Gasteiger partial charge in [-0.15, -0.1) is 11.8 Å². The summed E-state index contributed by atoms with van der Waals surface area (Å²) in [7, 11) is 0. The highest BCUT2D eigenvalue weighted by molar-refractivity contribution is 7.99. The average molecular weight is 323 g/mol. The van der Waals surface area contributed by atoms with Crippen molar-refractivity contribution in [3.8, 4) is 0 Å². The molecule has 0 unspecified atom stereocenters. The third-order valence-electron chi connectivity index (χ3n) is 2.03. The molecule has 0 fully saturated rings. The van der Waals surface area contributed by atoms with E-state index in [4.69, 9.17) is 26.8 Å². The Hall–Kier alpha value is -1.74. The van der Waals surface area contributed by atoms with Crippen LogP contribution in [0.25, 0.3) is 0 Å². The maximum absolute atomic E-state index is 10.6. The third-order valence-corrected chi connectivity index (χ3v) is 3.12. The Morgan fingerprint density at radius 3 is 2.10 bits per heavy atom. The van der Waals surface area contributed by atoms with Gasteiger partial charge in [-0.3, -0.25) is 5.41 Å². The second-order valence-corrected chi connectivity index (χ2v) is 4.90. The molecule has 0 aliphatic carbocycles. The highest BCUT2D eigenvalue weighted by atomic mass is 32.2. The largest absolute Gasteiger partial charge is 0.490 e. The number of benzene rings is 1. The van der Waals surface area contributed by atoms with Crippen molar-refractivity contribution in [3.05, 3.63) is 29.8 Å². The van der Waals surface area contributed by atoms with Gasteiger partial charge in [0.2, 0.25) is 0 Å². The molecule has 118 valence electrons. The molecule has 0 heterocycles. The van der Waals surface area contributed by atoms with E-state index in [1.54, 1.807) is 11.8 Å². The molecule has 1 aromatic rings. The zero-order valence-corrected chi connectivity index (χ0v) is 11.8. The molecule has 0 saturated heterocycles. The second kappa shape index (κ2) is 9.24. The lowest BCUT2D eigenvalue weighted by Crippen LogP contribution is -2.21. The summed E-state index contributed by atoms with van der Waals surface area (Å²) in [6, 6.07) is 7.70. The van der Waals surface area contributed by atoms with Crippen LogP contribution in [-0.2, 0) is 4.79 Å². The van der Waals surface area contributed by atoms with E-state index in [1.807, 2.05) is 24.3 Å². The van der Waals surface area contributed by atoms with Crippen molar-refractivity contribution in [2.45, 2.75) is 17.5 Å². The number of amidine groups is 1. The Bertz CT molecular complexity index is 464. The normalized spacial score (nSPS) is 10.5. The summed E-state index contributed by atoms with van der Waals surface area (Å²) in [5.41, 5.74) is 11.5. The minimum absolute atomic E-state index is 0.114. The second-order valence-electron chi connectivity index (χ2n) is 3.73. The Morgan fingerprint density at radius 1 is 1.29 bits per heavy atom. The van der Waals surface area contributed by atoms with Crippen LogP contribution < -0.4 is 11.5 Å². The van der Waals surface area contributed by atoms with Crippen molar-refractivity contribution >= 4 is 23.6 Å². The first-order valence-electron chi connectivity index (χ1n) is 5.76. The number of carboxylic acid groups (broad SMARTS) is 1. The predicted molar refractivity (Wildman–Crippen MR) is 75.5 cm³/mol. The lowest BCUT2D eigenvalue weighted by atomic mass is 10.2. The fraction of sp³-hybridized carbons (Fsp3) is 0.333. The molecule has 0 radical (unpaired) electrons. The molecular formula is C12H16F3N3O2S. The van der Waals surface area contributed by atoms with Crippen LogP contribution in [0.3, 0.4) is 0 Å². The van der Waals surface area contributed by atoms with Gasteiger partial charge in [0.15, 0.2) is 0 Å². The average Bonchev–Trinajstić information content (AvgIpc) is 2.39. The van der Waals surface area contributed by atoms with Crippen LogP contribution in [0.15, 0.2) is 29.2 Å². The summed E-state index contributed by atoms with van der Waals surface area (Å²) >= 11 is 1.77. The van der Waals surface area contributed by atoms with Gasteiger partial charge in [-0.1, -0.05) is 12.1 Å². The number of aliphatic carboxylic acids is 1. The molecule has 21 heavy (non-hydrogen) atoms. The number of carboxylic acids is 1. The smallest absolute Gasteiger partial charge is 0.475 e. The Labute approximate surface area is 124 Å². The van der Waals surface area contributed by atoms with Crippen molar-refractivity contribution in [3.63, 3.8) is 0 Å². The molecule has 0 spiro atoms. The van der Waals surface area contributed by atoms with E-state index in [0.717, 1.165) is 24.3 Å². The maximum atomic E-state index is 10.6. The molecule has 0 bridgehead atoms. The van der Waals surface area contributed by atoms with Crippen LogP contribution in [0.4, 0.5) is 13.2 Å². The van der Waals surface area contributed by atoms with Gasteiger partial charge in [0.25, 0.3) is 0 Å². The number of alkyl halides is 3. The summed E-state index contributed by atoms with van der Waals surface area (Å²) in [5.74, 6) is -1.60. The maximum Gasteiger partial charge on any atom is 0.490 e. The number of thioether (sulfide) groups is 1. The number of nitrogens with one attached hydrogen (secondary N) is 1. The van der Waals surface area contributed by atoms with E-state index in [9.17, 15) is 13.2 Å². The van der Waals surface area contributed by atoms with E-state index < -0.39 is 12.1 Å². The standard InChI is InChI=1S/C10H15N3S.C2HF3O2/c11-6-1-7-14-9-4-2-8(3-5-9)10(12)13;3-2(4,5)1(6)7/h2-5H,1,6-7,11H2,(H3,12,13);(H,6,7). The molecule has 5 nitrogen and oxygen atoms in total. The summed E-state index contributed by atoms with van der Waals surface area (Å²) in [6.07, 6.45) is -4.06. The van der Waals surface area contributed by atoms with Crippen molar-refractivity contribution in [2.75, 3.05) is 12.3 Å². The monoisotopic (exact) mass is 323 g/mol. The Kier molecular flexibility index (Phi) is 8.48. The van der Waals surface area contributed by atoms with Crippen LogP contribution in [0.2, 0.25) is 0 Å². The molecule has 0 aliphatic rings. The predicted octanol–water partition coefficient (Wildman–Crippen LogP) is 2.04. The number of nitrogens with two attached hydrogens (primary N) is 2. The van der Waals surface area contributed by atoms with E-state index >= 15 is 0 Å². The van der Waals surface area contributed by atoms with Gasteiger partial charge in [0.05, 0.1) is 0 Å². The number of carbonyl (C=O) groups is 1. The van der Waals surface area contributed by atoms with Gasteiger partial charge < -0.3 is 16.6 Å². The van der Waals surface area contributed by atoms with E-state index in [2.05, 4.69) is 0 Å². The van der Waals surface area contributed by atoms with Crippen molar-refractivity contribution in [1.29, 1.82) is 5.41 Å². The van der Waals surface area contributed by atoms with Crippen LogP contribution >= 0.6 is 11.8 Å². The number of hydrogen-bond donors (Lipinski definition) is 4. The lowest BCUT2D eigenvalue weighted by Gasteiger charge is -2.02. The first kappa shape index (κ1) is 19.3. The third kappa shape index (κ3) is 8.92. The number of halogens is 3. The highest BCUT2D eigenvalue weighted by Crippen LogP contribution is 2.18. The van der Waals surface area contributed by atoms with Gasteiger partial charge in [-0.2, -0.15) is 13.2 Å². The Balaban J connectivity index is 0.000000486. The van der Waals surface area contributed by atoms with Gasteiger partial charge in [-0.05, 0) is 30.9 Å². The fourth-order valence-corrected chi connectivity index (χ4v) is 1.88. The molecule has 1 aromatic carbocycles. The molecule has 0 aromatic heterocycles. The van der Waals surface area contributed by atoms with E-state index in [1.165, 1.54) is 4.90 Å². The lowest BCUT2D eigenvalue weighted by molar-refractivity contribution is -0.192. The van der Waals surface area contributed by atoms with Gasteiger partial charge in [-0.25, -0.2) is 4.79 Å². The molecule has 9 heteroatoms. The minimum Gasteiger partial charge on any atom is -0.475 e. The molecular weight excluding hydrogens is 307 g/mol. The summed E-state index contributed by atoms with van der Waals surface area (Å²) in [4.78, 5) is 10.1. The van der Waals surface area contributed by atoms with Crippen LogP contribution in [0.1, 0.15) is 12.0 Å². The first-order valence-corrected chi connectivity index (χ1v) is 6.74. The fourth-order valence-electron chi connectivity index (χ4n) is 1.00. The molecule has 1 rings (SSSR count).